The maximum Gasteiger partial charge on any atom is 0.145 e. The number of aryl methyl sites for hydroxylation is 2. The fourth-order valence-electron chi connectivity index (χ4n) is 1.76. The van der Waals surface area contributed by atoms with Gasteiger partial charge in [-0.3, -0.25) is 4.68 Å². The van der Waals surface area contributed by atoms with E-state index in [0.717, 1.165) is 22.3 Å². The molecule has 0 fully saturated rings. The second-order valence-electron chi connectivity index (χ2n) is 3.50. The molecule has 0 unspecified atom stereocenters. The minimum Gasteiger partial charge on any atom is -0.490 e. The van der Waals surface area contributed by atoms with Gasteiger partial charge in [0.05, 0.1) is 5.69 Å². The molecule has 0 aliphatic rings. The first-order chi connectivity index (χ1) is 7.24. The fraction of sp³-hybridized carbons (Fsp3) is 0.364. The van der Waals surface area contributed by atoms with Crippen LogP contribution in [0.5, 0.6) is 5.75 Å². The molecule has 1 aromatic heterocycles. The van der Waals surface area contributed by atoms with Gasteiger partial charge in [-0.2, -0.15) is 5.10 Å². The number of nitrogens with two attached hydrogens (primary N) is 1. The molecule has 0 aliphatic carbocycles. The van der Waals surface area contributed by atoms with E-state index in [0.29, 0.717) is 13.2 Å². The second kappa shape index (κ2) is 3.90. The molecule has 80 valence electrons. The monoisotopic (exact) mass is 205 g/mol. The van der Waals surface area contributed by atoms with Crippen LogP contribution in [0.2, 0.25) is 0 Å². The van der Waals surface area contributed by atoms with Gasteiger partial charge in [-0.25, -0.2) is 0 Å². The van der Waals surface area contributed by atoms with Crippen molar-refractivity contribution in [1.82, 2.24) is 9.78 Å². The lowest BCUT2D eigenvalue weighted by Gasteiger charge is -2.06. The topological polar surface area (TPSA) is 53.1 Å². The third-order valence-electron chi connectivity index (χ3n) is 2.39. The molecule has 1 aromatic carbocycles. The van der Waals surface area contributed by atoms with Crippen molar-refractivity contribution < 1.29 is 4.74 Å². The molecule has 15 heavy (non-hydrogen) atoms. The van der Waals surface area contributed by atoms with Gasteiger partial charge in [-0.05, 0) is 13.0 Å². The van der Waals surface area contributed by atoms with E-state index in [-0.39, 0.29) is 0 Å². The maximum absolute atomic E-state index is 5.58. The van der Waals surface area contributed by atoms with Crippen LogP contribution in [-0.2, 0) is 7.05 Å². The Labute approximate surface area is 88.6 Å². The fourth-order valence-corrected chi connectivity index (χ4v) is 1.76. The Balaban J connectivity index is 2.54. The van der Waals surface area contributed by atoms with Crippen LogP contribution in [0, 0.1) is 6.92 Å². The predicted molar refractivity (Wildman–Crippen MR) is 60.0 cm³/mol. The van der Waals surface area contributed by atoms with E-state index in [2.05, 4.69) is 5.10 Å². The molecule has 2 aromatic rings. The molecule has 0 amide bonds. The molecule has 0 aliphatic heterocycles. The van der Waals surface area contributed by atoms with Crippen LogP contribution >= 0.6 is 0 Å². The van der Waals surface area contributed by atoms with Gasteiger partial charge in [0.25, 0.3) is 0 Å². The quantitative estimate of drug-likeness (QED) is 0.819. The first kappa shape index (κ1) is 9.98. The average molecular weight is 205 g/mol. The number of ether oxygens (including phenoxy) is 1. The van der Waals surface area contributed by atoms with E-state index in [9.17, 15) is 0 Å². The lowest BCUT2D eigenvalue weighted by Crippen LogP contribution is -2.11. The first-order valence-electron chi connectivity index (χ1n) is 4.99. The van der Waals surface area contributed by atoms with Crippen molar-refractivity contribution in [3.8, 4) is 5.75 Å². The van der Waals surface area contributed by atoms with Gasteiger partial charge in [0.1, 0.15) is 17.9 Å². The smallest absolute Gasteiger partial charge is 0.145 e. The van der Waals surface area contributed by atoms with Gasteiger partial charge in [0, 0.05) is 19.0 Å². The van der Waals surface area contributed by atoms with Crippen LogP contribution in [0.25, 0.3) is 10.9 Å². The second-order valence-corrected chi connectivity index (χ2v) is 3.50. The van der Waals surface area contributed by atoms with Crippen LogP contribution in [0.3, 0.4) is 0 Å². The highest BCUT2D eigenvalue weighted by Gasteiger charge is 2.09. The van der Waals surface area contributed by atoms with Gasteiger partial charge in [0.15, 0.2) is 0 Å². The Morgan fingerprint density at radius 2 is 2.27 bits per heavy atom. The normalized spacial score (nSPS) is 10.9. The number of para-hydroxylation sites is 1. The number of benzene rings is 1. The number of hydrogen-bond donors (Lipinski definition) is 1. The molecule has 0 saturated carbocycles. The van der Waals surface area contributed by atoms with Crippen molar-refractivity contribution in [1.29, 1.82) is 0 Å². The molecule has 4 heteroatoms. The molecule has 0 saturated heterocycles. The summed E-state index contributed by atoms with van der Waals surface area (Å²) in [5.41, 5.74) is 7.47. The summed E-state index contributed by atoms with van der Waals surface area (Å²) < 4.78 is 7.42. The van der Waals surface area contributed by atoms with Crippen LogP contribution in [0.4, 0.5) is 0 Å². The van der Waals surface area contributed by atoms with Crippen molar-refractivity contribution in [3.05, 3.63) is 23.9 Å². The molecule has 2 rings (SSSR count). The highest BCUT2D eigenvalue weighted by atomic mass is 16.5. The van der Waals surface area contributed by atoms with Crippen LogP contribution in [-0.4, -0.2) is 22.9 Å². The van der Waals surface area contributed by atoms with Crippen molar-refractivity contribution in [2.75, 3.05) is 13.2 Å². The Hall–Kier alpha value is -1.55. The van der Waals surface area contributed by atoms with Crippen LogP contribution in [0.1, 0.15) is 5.69 Å². The minimum absolute atomic E-state index is 0.521. The zero-order chi connectivity index (χ0) is 10.8. The Morgan fingerprint density at radius 3 is 3.00 bits per heavy atom. The first-order valence-corrected chi connectivity index (χ1v) is 4.99. The SMILES string of the molecule is Cc1nn(C)c2c(OCCN)cccc12. The summed E-state index contributed by atoms with van der Waals surface area (Å²) >= 11 is 0. The summed E-state index contributed by atoms with van der Waals surface area (Å²) in [7, 11) is 1.92. The van der Waals surface area contributed by atoms with E-state index in [1.54, 1.807) is 0 Å². The highest BCUT2D eigenvalue weighted by Crippen LogP contribution is 2.26. The van der Waals surface area contributed by atoms with E-state index < -0.39 is 0 Å². The van der Waals surface area contributed by atoms with E-state index in [1.807, 2.05) is 36.9 Å². The molecule has 0 spiro atoms. The van der Waals surface area contributed by atoms with Gasteiger partial charge in [-0.1, -0.05) is 12.1 Å². The summed E-state index contributed by atoms with van der Waals surface area (Å²) in [6.45, 7) is 3.05. The molecule has 0 atom stereocenters. The van der Waals surface area contributed by atoms with E-state index in [4.69, 9.17) is 10.5 Å². The lowest BCUT2D eigenvalue weighted by molar-refractivity contribution is 0.330. The van der Waals surface area contributed by atoms with E-state index >= 15 is 0 Å². The maximum atomic E-state index is 5.58. The third kappa shape index (κ3) is 1.68. The summed E-state index contributed by atoms with van der Waals surface area (Å²) in [5, 5.41) is 5.50. The molecule has 4 nitrogen and oxygen atoms in total. The van der Waals surface area contributed by atoms with Crippen molar-refractivity contribution >= 4 is 10.9 Å². The van der Waals surface area contributed by atoms with Crippen LogP contribution in [0.15, 0.2) is 18.2 Å². The third-order valence-corrected chi connectivity index (χ3v) is 2.39. The van der Waals surface area contributed by atoms with Crippen molar-refractivity contribution in [3.63, 3.8) is 0 Å². The van der Waals surface area contributed by atoms with Crippen molar-refractivity contribution in [2.45, 2.75) is 6.92 Å². The van der Waals surface area contributed by atoms with Gasteiger partial charge >= 0.3 is 0 Å². The lowest BCUT2D eigenvalue weighted by atomic mass is 10.2. The number of hydrogen-bond acceptors (Lipinski definition) is 3. The highest BCUT2D eigenvalue weighted by molar-refractivity contribution is 5.87. The summed E-state index contributed by atoms with van der Waals surface area (Å²) in [4.78, 5) is 0. The molecule has 2 N–H and O–H groups in total. The number of aromatic nitrogens is 2. The van der Waals surface area contributed by atoms with Crippen LogP contribution < -0.4 is 10.5 Å². The van der Waals surface area contributed by atoms with Gasteiger partial charge in [0.2, 0.25) is 0 Å². The molecular weight excluding hydrogens is 190 g/mol. The number of rotatable bonds is 3. The Morgan fingerprint density at radius 1 is 1.47 bits per heavy atom. The van der Waals surface area contributed by atoms with Gasteiger partial charge in [-0.15, -0.1) is 0 Å². The number of fused-ring (bicyclic) bond motifs is 1. The largest absolute Gasteiger partial charge is 0.490 e. The van der Waals surface area contributed by atoms with E-state index in [1.165, 1.54) is 0 Å². The van der Waals surface area contributed by atoms with Crippen molar-refractivity contribution in [2.24, 2.45) is 12.8 Å². The summed E-state index contributed by atoms with van der Waals surface area (Å²) in [6.07, 6.45) is 0. The molecule has 1 heterocycles. The molecule has 0 bridgehead atoms. The minimum atomic E-state index is 0.521. The molecular formula is C11H15N3O. The standard InChI is InChI=1S/C11H15N3O/c1-8-9-4-3-5-10(15-7-6-12)11(9)14(2)13-8/h3-5H,6-7,12H2,1-2H3. The predicted octanol–water partition coefficient (Wildman–Crippen LogP) is 1.22. The average Bonchev–Trinajstić information content (AvgIpc) is 2.53. The number of nitrogens with zero attached hydrogens (tertiary/aromatic N) is 2. The zero-order valence-electron chi connectivity index (χ0n) is 9.03. The zero-order valence-corrected chi connectivity index (χ0v) is 9.03. The Kier molecular flexibility index (Phi) is 2.60. The molecule has 0 radical (unpaired) electrons. The summed E-state index contributed by atoms with van der Waals surface area (Å²) in [6, 6.07) is 5.97. The Bertz CT molecular complexity index is 476. The summed E-state index contributed by atoms with van der Waals surface area (Å²) in [5.74, 6) is 0.848. The van der Waals surface area contributed by atoms with Gasteiger partial charge < -0.3 is 10.5 Å².